The zero-order valence-electron chi connectivity index (χ0n) is 23.0. The normalized spacial score (nSPS) is 15.5. The molecule has 0 radical (unpaired) electrons. The van der Waals surface area contributed by atoms with Crippen molar-refractivity contribution < 1.29 is 27.4 Å². The number of nitrogens with one attached hydrogen (secondary N) is 2. The molecule has 2 aromatic rings. The van der Waals surface area contributed by atoms with E-state index in [0.29, 0.717) is 27.3 Å². The first-order valence-electron chi connectivity index (χ1n) is 12.5. The molecule has 0 amide bonds. The number of ether oxygens (including phenoxy) is 2. The minimum Gasteiger partial charge on any atom is -0.496 e. The minimum absolute atomic E-state index is 0.0428. The summed E-state index contributed by atoms with van der Waals surface area (Å²) in [5, 5.41) is 4.55. The van der Waals surface area contributed by atoms with Gasteiger partial charge in [-0.3, -0.25) is 9.59 Å². The third-order valence-electron chi connectivity index (χ3n) is 5.86. The number of fused-ring (bicyclic) bond motifs is 1. The Morgan fingerprint density at radius 1 is 1.21 bits per heavy atom. The van der Waals surface area contributed by atoms with Gasteiger partial charge in [0, 0.05) is 27.5 Å². The van der Waals surface area contributed by atoms with Gasteiger partial charge in [-0.1, -0.05) is 51.5 Å². The van der Waals surface area contributed by atoms with Gasteiger partial charge in [0.15, 0.2) is 5.43 Å². The van der Waals surface area contributed by atoms with Crippen molar-refractivity contribution in [3.8, 4) is 5.75 Å². The lowest BCUT2D eigenvalue weighted by Crippen LogP contribution is -2.40. The second kappa shape index (κ2) is 16.3. The third-order valence-corrected chi connectivity index (χ3v) is 6.83. The standard InChI is InChI=1S/C17H16F3NO2S.C7H13NO2.C4H10/c1-9(17(18,19)20)8-24-11(3)13-7-14(22)12-5-6-15(23-4)10(2)16(12)21-13;1-10-7(9)6-4-2-3-5-8-6;1-3-4-2/h5-8H,3H2,1-2,4H3,(H,21,22);6,8H,2-5H2,1H3;3-4H2,1-2H3/b9-8+;;/t;6-;/m.0./s1. The highest BCUT2D eigenvalue weighted by molar-refractivity contribution is 8.10. The number of allylic oxidation sites excluding steroid dienone is 1. The minimum atomic E-state index is -4.38. The van der Waals surface area contributed by atoms with Crippen LogP contribution in [-0.2, 0) is 9.53 Å². The number of unbranched alkanes of at least 4 members (excludes halogenated alkanes) is 1. The summed E-state index contributed by atoms with van der Waals surface area (Å²) in [6.07, 6.45) is 1.49. The van der Waals surface area contributed by atoms with E-state index in [1.165, 1.54) is 39.5 Å². The number of alkyl halides is 3. The quantitative estimate of drug-likeness (QED) is 0.369. The first-order chi connectivity index (χ1) is 17.9. The number of aromatic amines is 1. The number of halogens is 3. The van der Waals surface area contributed by atoms with Crippen LogP contribution in [0.4, 0.5) is 13.2 Å². The number of thioether (sulfide) groups is 1. The summed E-state index contributed by atoms with van der Waals surface area (Å²) in [7, 11) is 2.95. The van der Waals surface area contributed by atoms with Gasteiger partial charge in [-0.2, -0.15) is 13.2 Å². The van der Waals surface area contributed by atoms with Gasteiger partial charge in [0.2, 0.25) is 0 Å². The van der Waals surface area contributed by atoms with Crippen molar-refractivity contribution in [2.45, 2.75) is 72.0 Å². The highest BCUT2D eigenvalue weighted by Gasteiger charge is 2.29. The zero-order chi connectivity index (χ0) is 28.9. The summed E-state index contributed by atoms with van der Waals surface area (Å²) in [6.45, 7) is 11.8. The van der Waals surface area contributed by atoms with Crippen molar-refractivity contribution in [2.75, 3.05) is 20.8 Å². The van der Waals surface area contributed by atoms with Crippen LogP contribution in [-0.4, -0.2) is 43.9 Å². The Labute approximate surface area is 227 Å². The van der Waals surface area contributed by atoms with Crippen LogP contribution in [0.25, 0.3) is 15.8 Å². The van der Waals surface area contributed by atoms with Crippen LogP contribution >= 0.6 is 11.8 Å². The van der Waals surface area contributed by atoms with E-state index in [4.69, 9.17) is 4.74 Å². The summed E-state index contributed by atoms with van der Waals surface area (Å²) >= 11 is 0.820. The van der Waals surface area contributed by atoms with Gasteiger partial charge < -0.3 is 19.8 Å². The number of pyridine rings is 1. The van der Waals surface area contributed by atoms with E-state index in [1.54, 1.807) is 19.1 Å². The van der Waals surface area contributed by atoms with Crippen molar-refractivity contribution in [1.82, 2.24) is 10.3 Å². The number of methoxy groups -OCH3 is 2. The van der Waals surface area contributed by atoms with Crippen LogP contribution in [0.3, 0.4) is 0 Å². The molecule has 212 valence electrons. The first kappa shape index (κ1) is 33.3. The lowest BCUT2D eigenvalue weighted by atomic mass is 10.1. The monoisotopic (exact) mass is 556 g/mol. The van der Waals surface area contributed by atoms with Gasteiger partial charge in [-0.15, -0.1) is 0 Å². The van der Waals surface area contributed by atoms with Crippen molar-refractivity contribution >= 4 is 33.5 Å². The molecule has 2 N–H and O–H groups in total. The molecule has 1 atom stereocenters. The van der Waals surface area contributed by atoms with E-state index in [2.05, 4.69) is 35.5 Å². The van der Waals surface area contributed by atoms with Gasteiger partial charge in [-0.25, -0.2) is 0 Å². The molecule has 6 nitrogen and oxygen atoms in total. The summed E-state index contributed by atoms with van der Waals surface area (Å²) in [5.41, 5.74) is 0.737. The average Bonchev–Trinajstić information content (AvgIpc) is 2.91. The predicted molar refractivity (Wildman–Crippen MR) is 151 cm³/mol. The Morgan fingerprint density at radius 2 is 1.87 bits per heavy atom. The van der Waals surface area contributed by atoms with E-state index < -0.39 is 11.7 Å². The summed E-state index contributed by atoms with van der Waals surface area (Å²) in [4.78, 5) is 26.5. The summed E-state index contributed by atoms with van der Waals surface area (Å²) < 4.78 is 47.4. The Morgan fingerprint density at radius 3 is 2.37 bits per heavy atom. The van der Waals surface area contributed by atoms with Gasteiger partial charge in [0.1, 0.15) is 11.8 Å². The number of piperidine rings is 1. The first-order valence-corrected chi connectivity index (χ1v) is 13.4. The number of carbonyl (C=O) groups excluding carboxylic acids is 1. The maximum absolute atomic E-state index is 12.5. The Balaban J connectivity index is 0.000000424. The molecule has 38 heavy (non-hydrogen) atoms. The van der Waals surface area contributed by atoms with E-state index in [0.717, 1.165) is 49.0 Å². The molecule has 0 unspecified atom stereocenters. The molecule has 1 fully saturated rings. The third kappa shape index (κ3) is 10.2. The van der Waals surface area contributed by atoms with Crippen molar-refractivity contribution in [2.24, 2.45) is 0 Å². The largest absolute Gasteiger partial charge is 0.496 e. The van der Waals surface area contributed by atoms with Crippen LogP contribution in [0.1, 0.15) is 64.1 Å². The van der Waals surface area contributed by atoms with E-state index in [9.17, 15) is 22.8 Å². The Kier molecular flexibility index (Phi) is 14.3. The SMILES string of the molecule is C=C(S/C=C(\C)C(F)(F)F)c1cc(=O)c2ccc(OC)c(C)c2[nH]1.CCCC.COC(=O)[C@@H]1CCCCN1. The molecule has 1 aliphatic rings. The van der Waals surface area contributed by atoms with Crippen LogP contribution in [0.2, 0.25) is 0 Å². The van der Waals surface area contributed by atoms with Crippen LogP contribution in [0, 0.1) is 6.92 Å². The lowest BCUT2D eigenvalue weighted by molar-refractivity contribution is -0.143. The van der Waals surface area contributed by atoms with E-state index in [1.807, 2.05) is 0 Å². The van der Waals surface area contributed by atoms with E-state index >= 15 is 0 Å². The number of aromatic nitrogens is 1. The maximum atomic E-state index is 12.5. The number of aryl methyl sites for hydroxylation is 1. The lowest BCUT2D eigenvalue weighted by Gasteiger charge is -2.20. The second-order valence-electron chi connectivity index (χ2n) is 8.73. The van der Waals surface area contributed by atoms with Crippen molar-refractivity contribution in [3.05, 3.63) is 57.2 Å². The summed E-state index contributed by atoms with van der Waals surface area (Å²) in [5.74, 6) is 0.487. The van der Waals surface area contributed by atoms with Gasteiger partial charge in [0.05, 0.1) is 25.4 Å². The van der Waals surface area contributed by atoms with Crippen LogP contribution in [0.15, 0.2) is 40.6 Å². The van der Waals surface area contributed by atoms with Gasteiger partial charge in [0.25, 0.3) is 0 Å². The number of benzene rings is 1. The Hall–Kier alpha value is -2.72. The number of esters is 1. The molecule has 1 saturated heterocycles. The van der Waals surface area contributed by atoms with E-state index in [-0.39, 0.29) is 17.4 Å². The highest BCUT2D eigenvalue weighted by Crippen LogP contribution is 2.33. The molecule has 0 spiro atoms. The molecule has 0 aliphatic carbocycles. The van der Waals surface area contributed by atoms with Gasteiger partial charge >= 0.3 is 12.1 Å². The number of hydrogen-bond acceptors (Lipinski definition) is 6. The highest BCUT2D eigenvalue weighted by atomic mass is 32.2. The smallest absolute Gasteiger partial charge is 0.412 e. The average molecular weight is 557 g/mol. The topological polar surface area (TPSA) is 80.4 Å². The molecule has 10 heteroatoms. The molecule has 1 aromatic carbocycles. The van der Waals surface area contributed by atoms with Gasteiger partial charge in [-0.05, 0) is 50.8 Å². The van der Waals surface area contributed by atoms with Crippen LogP contribution < -0.4 is 15.5 Å². The second-order valence-corrected chi connectivity index (χ2v) is 9.69. The fourth-order valence-corrected chi connectivity index (χ4v) is 3.98. The summed E-state index contributed by atoms with van der Waals surface area (Å²) in [6, 6.07) is 4.64. The maximum Gasteiger partial charge on any atom is 0.412 e. The number of rotatable bonds is 6. The van der Waals surface area contributed by atoms with Crippen LogP contribution in [0.5, 0.6) is 5.75 Å². The fourth-order valence-electron chi connectivity index (χ4n) is 3.29. The molecule has 0 saturated carbocycles. The number of H-pyrrole nitrogens is 1. The zero-order valence-corrected chi connectivity index (χ0v) is 23.8. The molecule has 0 bridgehead atoms. The molecule has 1 aromatic heterocycles. The van der Waals surface area contributed by atoms with Crippen molar-refractivity contribution in [3.63, 3.8) is 0 Å². The van der Waals surface area contributed by atoms with Crippen molar-refractivity contribution in [1.29, 1.82) is 0 Å². The molecule has 3 rings (SSSR count). The molecule has 1 aliphatic heterocycles. The molecular formula is C28H39F3N2O4S. The predicted octanol–water partition coefficient (Wildman–Crippen LogP) is 7.12. The fraction of sp³-hybridized carbons (Fsp3) is 0.500. The number of carbonyl (C=O) groups is 1. The number of hydrogen-bond donors (Lipinski definition) is 2. The molecular weight excluding hydrogens is 517 g/mol. The Bertz CT molecular complexity index is 1150. The molecule has 2 heterocycles.